The number of hydrogen-bond donors (Lipinski definition) is 2. The number of carbonyl (C=O) groups excluding carboxylic acids is 4. The van der Waals surface area contributed by atoms with Crippen LogP contribution < -0.4 is 10.6 Å². The first-order valence-electron chi connectivity index (χ1n) is 6.22. The molecule has 7 nitrogen and oxygen atoms in total. The monoisotopic (exact) mass is 270 g/mol. The van der Waals surface area contributed by atoms with Gasteiger partial charge in [0.25, 0.3) is 0 Å². The van der Waals surface area contributed by atoms with Gasteiger partial charge in [-0.25, -0.2) is 4.79 Å². The van der Waals surface area contributed by atoms with Crippen molar-refractivity contribution < 1.29 is 23.9 Å². The van der Waals surface area contributed by atoms with Crippen LogP contribution in [0.2, 0.25) is 0 Å². The summed E-state index contributed by atoms with van der Waals surface area (Å²) in [6.45, 7) is 3.29. The van der Waals surface area contributed by atoms with Crippen molar-refractivity contribution in [2.24, 2.45) is 5.41 Å². The topological polar surface area (TPSA) is 102 Å². The second-order valence-electron chi connectivity index (χ2n) is 4.51. The number of amides is 4. The van der Waals surface area contributed by atoms with E-state index in [-0.39, 0.29) is 13.0 Å². The standard InChI is InChI=1S/C12H18N2O5/c1-3-5-12(6-4-7-19-8(2)15)9(16)13-11(18)14-10(12)17/h3-7H2,1-2H3,(H2,13,14,16,17,18). The van der Waals surface area contributed by atoms with Gasteiger partial charge < -0.3 is 4.74 Å². The molecule has 2 N–H and O–H groups in total. The fourth-order valence-electron chi connectivity index (χ4n) is 2.18. The smallest absolute Gasteiger partial charge is 0.328 e. The molecule has 1 aliphatic rings. The minimum atomic E-state index is -1.25. The summed E-state index contributed by atoms with van der Waals surface area (Å²) in [4.78, 5) is 45.6. The molecule has 19 heavy (non-hydrogen) atoms. The highest BCUT2D eigenvalue weighted by Crippen LogP contribution is 2.32. The SMILES string of the molecule is CCCC1(CCCOC(C)=O)C(=O)NC(=O)NC1=O. The van der Waals surface area contributed by atoms with E-state index in [1.807, 2.05) is 6.92 Å². The van der Waals surface area contributed by atoms with E-state index in [4.69, 9.17) is 4.74 Å². The maximum atomic E-state index is 12.0. The summed E-state index contributed by atoms with van der Waals surface area (Å²) in [6, 6.07) is -0.790. The number of urea groups is 1. The van der Waals surface area contributed by atoms with Crippen LogP contribution in [0.15, 0.2) is 0 Å². The van der Waals surface area contributed by atoms with Gasteiger partial charge >= 0.3 is 12.0 Å². The molecule has 0 atom stereocenters. The molecule has 0 radical (unpaired) electrons. The number of imide groups is 2. The molecule has 0 saturated carbocycles. The van der Waals surface area contributed by atoms with Gasteiger partial charge in [-0.15, -0.1) is 0 Å². The summed E-state index contributed by atoms with van der Waals surface area (Å²) in [5.41, 5.74) is -1.25. The van der Waals surface area contributed by atoms with Crippen LogP contribution in [0.3, 0.4) is 0 Å². The Kier molecular flexibility index (Phi) is 5.02. The van der Waals surface area contributed by atoms with Crippen molar-refractivity contribution in [1.82, 2.24) is 10.6 Å². The number of ether oxygens (including phenoxy) is 1. The zero-order chi connectivity index (χ0) is 14.5. The van der Waals surface area contributed by atoms with Gasteiger partial charge in [-0.1, -0.05) is 13.3 Å². The highest BCUT2D eigenvalue weighted by Gasteiger charge is 2.48. The normalized spacial score (nSPS) is 17.7. The van der Waals surface area contributed by atoms with E-state index in [0.717, 1.165) is 0 Å². The molecule has 0 aliphatic carbocycles. The van der Waals surface area contributed by atoms with Crippen LogP contribution in [0, 0.1) is 5.41 Å². The fraction of sp³-hybridized carbons (Fsp3) is 0.667. The Labute approximate surface area is 111 Å². The lowest BCUT2D eigenvalue weighted by atomic mass is 9.76. The number of esters is 1. The lowest BCUT2D eigenvalue weighted by molar-refractivity contribution is -0.146. The number of nitrogens with one attached hydrogen (secondary N) is 2. The first-order valence-corrected chi connectivity index (χ1v) is 6.22. The second kappa shape index (κ2) is 6.31. The molecular formula is C12H18N2O5. The van der Waals surface area contributed by atoms with E-state index in [2.05, 4.69) is 10.6 Å². The molecule has 4 amide bonds. The Morgan fingerprint density at radius 1 is 1.16 bits per heavy atom. The van der Waals surface area contributed by atoms with Gasteiger partial charge in [0.1, 0.15) is 5.41 Å². The van der Waals surface area contributed by atoms with Crippen LogP contribution in [0.1, 0.15) is 39.5 Å². The summed E-state index contributed by atoms with van der Waals surface area (Å²) < 4.78 is 4.78. The van der Waals surface area contributed by atoms with Crippen molar-refractivity contribution in [3.63, 3.8) is 0 Å². The first-order chi connectivity index (χ1) is 8.92. The predicted octanol–water partition coefficient (Wildman–Crippen LogP) is 0.482. The van der Waals surface area contributed by atoms with Gasteiger partial charge in [0.05, 0.1) is 6.61 Å². The summed E-state index contributed by atoms with van der Waals surface area (Å²) in [5, 5.41) is 4.24. The van der Waals surface area contributed by atoms with Gasteiger partial charge in [0, 0.05) is 6.92 Å². The van der Waals surface area contributed by atoms with E-state index in [1.54, 1.807) is 0 Å². The van der Waals surface area contributed by atoms with Gasteiger partial charge in [0.2, 0.25) is 11.8 Å². The maximum absolute atomic E-state index is 12.0. The summed E-state index contributed by atoms with van der Waals surface area (Å²) in [5.74, 6) is -1.56. The second-order valence-corrected chi connectivity index (χ2v) is 4.51. The van der Waals surface area contributed by atoms with Gasteiger partial charge in [-0.3, -0.25) is 25.0 Å². The minimum absolute atomic E-state index is 0.148. The van der Waals surface area contributed by atoms with E-state index in [0.29, 0.717) is 19.3 Å². The lowest BCUT2D eigenvalue weighted by Crippen LogP contribution is -2.62. The highest BCUT2D eigenvalue weighted by molar-refractivity contribution is 6.19. The molecule has 1 fully saturated rings. The molecule has 1 saturated heterocycles. The first kappa shape index (κ1) is 15.1. The van der Waals surface area contributed by atoms with Crippen LogP contribution in [0.4, 0.5) is 4.79 Å². The molecule has 1 rings (SSSR count). The quantitative estimate of drug-likeness (QED) is 0.415. The fourth-order valence-corrected chi connectivity index (χ4v) is 2.18. The Bertz CT molecular complexity index is 385. The third-order valence-corrected chi connectivity index (χ3v) is 3.05. The summed E-state index contributed by atoms with van der Waals surface area (Å²) in [6.07, 6.45) is 1.59. The van der Waals surface area contributed by atoms with Crippen molar-refractivity contribution in [2.75, 3.05) is 6.61 Å². The van der Waals surface area contributed by atoms with Crippen LogP contribution in [0.25, 0.3) is 0 Å². The van der Waals surface area contributed by atoms with E-state index in [1.165, 1.54) is 6.92 Å². The number of hydrogen-bond acceptors (Lipinski definition) is 5. The average molecular weight is 270 g/mol. The van der Waals surface area contributed by atoms with Crippen LogP contribution in [0.5, 0.6) is 0 Å². The molecule has 0 aromatic carbocycles. The minimum Gasteiger partial charge on any atom is -0.466 e. The molecule has 1 aliphatic heterocycles. The van der Waals surface area contributed by atoms with Gasteiger partial charge in [-0.2, -0.15) is 0 Å². The zero-order valence-electron chi connectivity index (χ0n) is 11.1. The zero-order valence-corrected chi connectivity index (χ0v) is 11.1. The number of barbiturate groups is 1. The molecule has 0 bridgehead atoms. The third kappa shape index (κ3) is 3.52. The summed E-state index contributed by atoms with van der Waals surface area (Å²) in [7, 11) is 0. The Morgan fingerprint density at radius 2 is 1.74 bits per heavy atom. The molecular weight excluding hydrogens is 252 g/mol. The Morgan fingerprint density at radius 3 is 2.21 bits per heavy atom. The van der Waals surface area contributed by atoms with Crippen molar-refractivity contribution in [1.29, 1.82) is 0 Å². The lowest BCUT2D eigenvalue weighted by Gasteiger charge is -2.33. The molecule has 0 aromatic heterocycles. The van der Waals surface area contributed by atoms with Gasteiger partial charge in [-0.05, 0) is 19.3 Å². The highest BCUT2D eigenvalue weighted by atomic mass is 16.5. The van der Waals surface area contributed by atoms with Crippen LogP contribution in [-0.2, 0) is 19.1 Å². The number of carbonyl (C=O) groups is 4. The predicted molar refractivity (Wildman–Crippen MR) is 64.9 cm³/mol. The average Bonchev–Trinajstić information content (AvgIpc) is 2.30. The van der Waals surface area contributed by atoms with E-state index < -0.39 is 29.2 Å². The van der Waals surface area contributed by atoms with E-state index in [9.17, 15) is 19.2 Å². The van der Waals surface area contributed by atoms with Gasteiger partial charge in [0.15, 0.2) is 0 Å². The Hall–Kier alpha value is -1.92. The molecule has 1 heterocycles. The number of rotatable bonds is 6. The summed E-state index contributed by atoms with van der Waals surface area (Å²) >= 11 is 0. The Balaban J connectivity index is 2.72. The van der Waals surface area contributed by atoms with Crippen molar-refractivity contribution in [3.05, 3.63) is 0 Å². The molecule has 0 spiro atoms. The van der Waals surface area contributed by atoms with Crippen LogP contribution >= 0.6 is 0 Å². The van der Waals surface area contributed by atoms with Crippen molar-refractivity contribution >= 4 is 23.8 Å². The van der Waals surface area contributed by atoms with Crippen LogP contribution in [-0.4, -0.2) is 30.4 Å². The van der Waals surface area contributed by atoms with Crippen molar-refractivity contribution in [2.45, 2.75) is 39.5 Å². The molecule has 7 heteroatoms. The molecule has 0 aromatic rings. The maximum Gasteiger partial charge on any atom is 0.328 e. The third-order valence-electron chi connectivity index (χ3n) is 3.05. The van der Waals surface area contributed by atoms with E-state index >= 15 is 0 Å². The molecule has 0 unspecified atom stereocenters. The molecule has 106 valence electrons. The van der Waals surface area contributed by atoms with Crippen molar-refractivity contribution in [3.8, 4) is 0 Å². The largest absolute Gasteiger partial charge is 0.466 e.